The molecular weight excluding hydrogens is 382 g/mol. The fourth-order valence-corrected chi connectivity index (χ4v) is 3.37. The van der Waals surface area contributed by atoms with Crippen LogP contribution in [0.25, 0.3) is 11.1 Å². The molecule has 0 radical (unpaired) electrons. The smallest absolute Gasteiger partial charge is 0.412 e. The summed E-state index contributed by atoms with van der Waals surface area (Å²) in [6, 6.07) is 16.9. The standard InChI is InChI=1S/C23H21N3O4/c1-14(15-6-4-3-5-7-15)25-22(27)16-8-9-18-17(10-16)13-30-20-12-24-21(11-19(18)20)26-23(28)29-2/h3-12,14H,13H2,1-2H3,(H,25,27)(H,24,26,28). The first-order valence-electron chi connectivity index (χ1n) is 9.52. The molecule has 0 saturated carbocycles. The van der Waals surface area contributed by atoms with E-state index in [2.05, 4.69) is 20.4 Å². The molecule has 0 fully saturated rings. The summed E-state index contributed by atoms with van der Waals surface area (Å²) in [6.07, 6.45) is 0.963. The molecule has 30 heavy (non-hydrogen) atoms. The van der Waals surface area contributed by atoms with Gasteiger partial charge in [-0.15, -0.1) is 0 Å². The van der Waals surface area contributed by atoms with Crippen LogP contribution in [-0.4, -0.2) is 24.1 Å². The highest BCUT2D eigenvalue weighted by Gasteiger charge is 2.21. The lowest BCUT2D eigenvalue weighted by atomic mass is 9.95. The highest BCUT2D eigenvalue weighted by atomic mass is 16.5. The minimum absolute atomic E-state index is 0.107. The van der Waals surface area contributed by atoms with Gasteiger partial charge in [0.2, 0.25) is 0 Å². The van der Waals surface area contributed by atoms with E-state index in [-0.39, 0.29) is 11.9 Å². The van der Waals surface area contributed by atoms with Crippen LogP contribution in [0.2, 0.25) is 0 Å². The van der Waals surface area contributed by atoms with E-state index in [1.54, 1.807) is 18.3 Å². The normalized spacial score (nSPS) is 12.6. The molecule has 2 amide bonds. The number of pyridine rings is 1. The molecule has 4 rings (SSSR count). The van der Waals surface area contributed by atoms with Crippen molar-refractivity contribution in [2.24, 2.45) is 0 Å². The van der Waals surface area contributed by atoms with E-state index < -0.39 is 6.09 Å². The summed E-state index contributed by atoms with van der Waals surface area (Å²) in [7, 11) is 1.29. The molecule has 1 unspecified atom stereocenters. The van der Waals surface area contributed by atoms with Gasteiger partial charge in [0.05, 0.1) is 19.3 Å². The fraction of sp³-hybridized carbons (Fsp3) is 0.174. The Labute approximate surface area is 174 Å². The summed E-state index contributed by atoms with van der Waals surface area (Å²) in [5, 5.41) is 5.57. The average Bonchev–Trinajstić information content (AvgIpc) is 2.79. The van der Waals surface area contributed by atoms with Crippen molar-refractivity contribution >= 4 is 17.8 Å². The predicted octanol–water partition coefficient (Wildman–Crippen LogP) is 4.31. The monoisotopic (exact) mass is 403 g/mol. The first-order chi connectivity index (χ1) is 14.5. The average molecular weight is 403 g/mol. The third-order valence-electron chi connectivity index (χ3n) is 4.97. The van der Waals surface area contributed by atoms with Crippen molar-refractivity contribution in [1.82, 2.24) is 10.3 Å². The summed E-state index contributed by atoms with van der Waals surface area (Å²) in [6.45, 7) is 2.29. The van der Waals surface area contributed by atoms with Gasteiger partial charge in [0, 0.05) is 11.1 Å². The number of carbonyl (C=O) groups excluding carboxylic acids is 2. The molecule has 1 aromatic heterocycles. The maximum Gasteiger partial charge on any atom is 0.412 e. The quantitative estimate of drug-likeness (QED) is 0.678. The van der Waals surface area contributed by atoms with E-state index in [1.807, 2.05) is 49.4 Å². The molecule has 0 bridgehead atoms. The van der Waals surface area contributed by atoms with Crippen molar-refractivity contribution in [3.63, 3.8) is 0 Å². The minimum Gasteiger partial charge on any atom is -0.487 e. The van der Waals surface area contributed by atoms with Gasteiger partial charge in [-0.2, -0.15) is 0 Å². The van der Waals surface area contributed by atoms with Gasteiger partial charge in [-0.3, -0.25) is 10.1 Å². The number of carbonyl (C=O) groups is 2. The van der Waals surface area contributed by atoms with Crippen molar-refractivity contribution in [3.8, 4) is 16.9 Å². The number of fused-ring (bicyclic) bond motifs is 3. The van der Waals surface area contributed by atoms with Crippen LogP contribution in [0.3, 0.4) is 0 Å². The molecule has 3 aromatic rings. The van der Waals surface area contributed by atoms with Crippen LogP contribution in [0.5, 0.6) is 5.75 Å². The predicted molar refractivity (Wildman–Crippen MR) is 112 cm³/mol. The van der Waals surface area contributed by atoms with E-state index in [9.17, 15) is 9.59 Å². The third kappa shape index (κ3) is 3.96. The number of hydrogen-bond acceptors (Lipinski definition) is 5. The number of hydrogen-bond donors (Lipinski definition) is 2. The van der Waals surface area contributed by atoms with Crippen LogP contribution in [0.15, 0.2) is 60.8 Å². The van der Waals surface area contributed by atoms with E-state index in [1.165, 1.54) is 7.11 Å². The van der Waals surface area contributed by atoms with Gasteiger partial charge in [0.1, 0.15) is 18.2 Å². The molecule has 0 saturated heterocycles. The van der Waals surface area contributed by atoms with E-state index in [0.29, 0.717) is 23.7 Å². The molecule has 0 spiro atoms. The van der Waals surface area contributed by atoms with Crippen molar-refractivity contribution in [2.45, 2.75) is 19.6 Å². The van der Waals surface area contributed by atoms with Crippen LogP contribution in [-0.2, 0) is 11.3 Å². The number of nitrogens with one attached hydrogen (secondary N) is 2. The highest BCUT2D eigenvalue weighted by molar-refractivity contribution is 5.96. The lowest BCUT2D eigenvalue weighted by Gasteiger charge is -2.22. The zero-order valence-corrected chi connectivity index (χ0v) is 16.6. The van der Waals surface area contributed by atoms with Gasteiger partial charge in [-0.25, -0.2) is 9.78 Å². The summed E-state index contributed by atoms with van der Waals surface area (Å²) >= 11 is 0. The Hall–Kier alpha value is -3.87. The van der Waals surface area contributed by atoms with Gasteiger partial charge in [0.25, 0.3) is 5.91 Å². The van der Waals surface area contributed by atoms with Gasteiger partial charge >= 0.3 is 6.09 Å². The summed E-state index contributed by atoms with van der Waals surface area (Å²) in [5.74, 6) is 0.825. The lowest BCUT2D eigenvalue weighted by molar-refractivity contribution is 0.0939. The van der Waals surface area contributed by atoms with Crippen molar-refractivity contribution in [2.75, 3.05) is 12.4 Å². The Morgan fingerprint density at radius 1 is 1.10 bits per heavy atom. The van der Waals surface area contributed by atoms with Crippen LogP contribution in [0.4, 0.5) is 10.6 Å². The highest BCUT2D eigenvalue weighted by Crippen LogP contribution is 2.38. The van der Waals surface area contributed by atoms with Gasteiger partial charge in [0.15, 0.2) is 0 Å². The number of benzene rings is 2. The number of nitrogens with zero attached hydrogens (tertiary/aromatic N) is 1. The number of rotatable bonds is 4. The maximum atomic E-state index is 12.7. The van der Waals surface area contributed by atoms with Crippen molar-refractivity contribution < 1.29 is 19.1 Å². The minimum atomic E-state index is -0.598. The van der Waals surface area contributed by atoms with Gasteiger partial charge in [-0.1, -0.05) is 36.4 Å². The Morgan fingerprint density at radius 3 is 2.67 bits per heavy atom. The molecular formula is C23H21N3O4. The topological polar surface area (TPSA) is 89.6 Å². The molecule has 1 aliphatic rings. The molecule has 7 nitrogen and oxygen atoms in total. The third-order valence-corrected chi connectivity index (χ3v) is 4.97. The van der Waals surface area contributed by atoms with Crippen molar-refractivity contribution in [3.05, 3.63) is 77.5 Å². The van der Waals surface area contributed by atoms with Gasteiger partial charge < -0.3 is 14.8 Å². The van der Waals surface area contributed by atoms with Crippen LogP contribution in [0, 0.1) is 0 Å². The molecule has 0 aliphatic carbocycles. The number of methoxy groups -OCH3 is 1. The first kappa shape index (κ1) is 19.4. The van der Waals surface area contributed by atoms with Crippen LogP contribution < -0.4 is 15.4 Å². The lowest BCUT2D eigenvalue weighted by Crippen LogP contribution is -2.26. The van der Waals surface area contributed by atoms with E-state index in [0.717, 1.165) is 22.3 Å². The Balaban J connectivity index is 1.57. The molecule has 152 valence electrons. The molecule has 2 N–H and O–H groups in total. The molecule has 1 atom stereocenters. The second-order valence-corrected chi connectivity index (χ2v) is 6.95. The molecule has 2 heterocycles. The molecule has 1 aliphatic heterocycles. The zero-order valence-electron chi connectivity index (χ0n) is 16.6. The first-order valence-corrected chi connectivity index (χ1v) is 9.52. The largest absolute Gasteiger partial charge is 0.487 e. The van der Waals surface area contributed by atoms with E-state index in [4.69, 9.17) is 4.74 Å². The van der Waals surface area contributed by atoms with Crippen molar-refractivity contribution in [1.29, 1.82) is 0 Å². The second kappa shape index (κ2) is 8.24. The Kier molecular flexibility index (Phi) is 5.34. The van der Waals surface area contributed by atoms with Crippen LogP contribution in [0.1, 0.15) is 34.5 Å². The SMILES string of the molecule is COC(=O)Nc1cc2c(cn1)OCc1cc(C(=O)NC(C)c3ccccc3)ccc1-2. The Morgan fingerprint density at radius 2 is 1.90 bits per heavy atom. The summed E-state index contributed by atoms with van der Waals surface area (Å²) < 4.78 is 10.4. The van der Waals surface area contributed by atoms with Crippen LogP contribution >= 0.6 is 0 Å². The zero-order chi connectivity index (χ0) is 21.1. The second-order valence-electron chi connectivity index (χ2n) is 6.95. The van der Waals surface area contributed by atoms with E-state index >= 15 is 0 Å². The fourth-order valence-electron chi connectivity index (χ4n) is 3.37. The molecule has 2 aromatic carbocycles. The molecule has 7 heteroatoms. The number of aromatic nitrogens is 1. The maximum absolute atomic E-state index is 12.7. The summed E-state index contributed by atoms with van der Waals surface area (Å²) in [4.78, 5) is 28.4. The number of ether oxygens (including phenoxy) is 2. The summed E-state index contributed by atoms with van der Waals surface area (Å²) in [5.41, 5.74) is 4.21. The van der Waals surface area contributed by atoms with Gasteiger partial charge in [-0.05, 0) is 41.8 Å². The number of anilines is 1. The Bertz CT molecular complexity index is 1100. The number of amides is 2.